The van der Waals surface area contributed by atoms with Crippen LogP contribution in [-0.4, -0.2) is 6.54 Å². The molecule has 0 aliphatic rings. The summed E-state index contributed by atoms with van der Waals surface area (Å²) in [4.78, 5) is 1.42. The Bertz CT molecular complexity index is 360. The van der Waals surface area contributed by atoms with Crippen molar-refractivity contribution in [1.82, 2.24) is 5.32 Å². The number of nitrogens with one attached hydrogen (secondary N) is 1. The molecule has 1 aromatic rings. The van der Waals surface area contributed by atoms with Gasteiger partial charge in [-0.15, -0.1) is 11.3 Å². The van der Waals surface area contributed by atoms with Crippen LogP contribution >= 0.6 is 11.3 Å². The summed E-state index contributed by atoms with van der Waals surface area (Å²) in [7, 11) is 0. The summed E-state index contributed by atoms with van der Waals surface area (Å²) in [6, 6.07) is 4.48. The van der Waals surface area contributed by atoms with E-state index >= 15 is 0 Å². The highest BCUT2D eigenvalue weighted by atomic mass is 32.1. The Kier molecular flexibility index (Phi) is 4.98. The lowest BCUT2D eigenvalue weighted by Crippen LogP contribution is -2.17. The maximum atomic E-state index is 8.87. The Morgan fingerprint density at radius 1 is 1.50 bits per heavy atom. The first-order valence-corrected chi connectivity index (χ1v) is 6.58. The SMILES string of the molecule is Cc1ccsc1CNCCCC(C)(C)C#N. The second-order valence-corrected chi connectivity index (χ2v) is 5.80. The van der Waals surface area contributed by atoms with Crippen molar-refractivity contribution in [2.75, 3.05) is 6.54 Å². The first-order valence-electron chi connectivity index (χ1n) is 5.70. The lowest BCUT2D eigenvalue weighted by molar-refractivity contribution is 0.426. The molecular formula is C13H20N2S. The van der Waals surface area contributed by atoms with Crippen molar-refractivity contribution in [3.8, 4) is 6.07 Å². The van der Waals surface area contributed by atoms with E-state index in [0.29, 0.717) is 0 Å². The Morgan fingerprint density at radius 3 is 2.81 bits per heavy atom. The maximum absolute atomic E-state index is 8.87. The van der Waals surface area contributed by atoms with Gasteiger partial charge in [0.1, 0.15) is 0 Å². The highest BCUT2D eigenvalue weighted by Gasteiger charge is 2.15. The molecule has 0 aromatic carbocycles. The lowest BCUT2D eigenvalue weighted by atomic mass is 9.90. The van der Waals surface area contributed by atoms with Gasteiger partial charge in [-0.1, -0.05) is 0 Å². The molecule has 1 heterocycles. The van der Waals surface area contributed by atoms with Gasteiger partial charge in [-0.3, -0.25) is 0 Å². The fourth-order valence-corrected chi connectivity index (χ4v) is 2.37. The summed E-state index contributed by atoms with van der Waals surface area (Å²) in [5.74, 6) is 0. The molecule has 0 radical (unpaired) electrons. The van der Waals surface area contributed by atoms with E-state index in [1.165, 1.54) is 10.4 Å². The Labute approximate surface area is 102 Å². The predicted octanol–water partition coefficient (Wildman–Crippen LogP) is 3.48. The number of nitrogens with zero attached hydrogens (tertiary/aromatic N) is 1. The molecule has 1 N–H and O–H groups in total. The van der Waals surface area contributed by atoms with Gasteiger partial charge in [-0.05, 0) is 57.2 Å². The molecule has 16 heavy (non-hydrogen) atoms. The van der Waals surface area contributed by atoms with Gasteiger partial charge in [0.2, 0.25) is 0 Å². The van der Waals surface area contributed by atoms with E-state index in [2.05, 4.69) is 29.8 Å². The van der Waals surface area contributed by atoms with Crippen LogP contribution in [-0.2, 0) is 6.54 Å². The standard InChI is InChI=1S/C13H20N2S/c1-11-5-8-16-12(11)9-15-7-4-6-13(2,3)10-14/h5,8,15H,4,6-7,9H2,1-3H3. The van der Waals surface area contributed by atoms with Crippen LogP contribution in [0.15, 0.2) is 11.4 Å². The summed E-state index contributed by atoms with van der Waals surface area (Å²) in [6.07, 6.45) is 2.02. The minimum atomic E-state index is -0.180. The fraction of sp³-hybridized carbons (Fsp3) is 0.615. The Hall–Kier alpha value is -0.850. The molecule has 88 valence electrons. The van der Waals surface area contributed by atoms with Crippen molar-refractivity contribution in [2.24, 2.45) is 5.41 Å². The van der Waals surface area contributed by atoms with Crippen molar-refractivity contribution in [1.29, 1.82) is 5.26 Å². The van der Waals surface area contributed by atoms with Crippen molar-refractivity contribution in [2.45, 2.75) is 40.2 Å². The van der Waals surface area contributed by atoms with E-state index in [1.807, 2.05) is 13.8 Å². The molecule has 0 atom stereocenters. The molecule has 0 saturated carbocycles. The van der Waals surface area contributed by atoms with Gasteiger partial charge in [0, 0.05) is 11.4 Å². The number of nitriles is 1. The van der Waals surface area contributed by atoms with Crippen molar-refractivity contribution < 1.29 is 0 Å². The third-order valence-corrected chi connectivity index (χ3v) is 3.73. The van der Waals surface area contributed by atoms with Crippen LogP contribution < -0.4 is 5.32 Å². The van der Waals surface area contributed by atoms with Gasteiger partial charge in [-0.25, -0.2) is 0 Å². The van der Waals surface area contributed by atoms with E-state index in [-0.39, 0.29) is 5.41 Å². The summed E-state index contributed by atoms with van der Waals surface area (Å²) < 4.78 is 0. The summed E-state index contributed by atoms with van der Waals surface area (Å²) in [5, 5.41) is 14.4. The highest BCUT2D eigenvalue weighted by Crippen LogP contribution is 2.20. The van der Waals surface area contributed by atoms with Gasteiger partial charge in [0.25, 0.3) is 0 Å². The van der Waals surface area contributed by atoms with E-state index < -0.39 is 0 Å². The molecule has 0 aliphatic carbocycles. The van der Waals surface area contributed by atoms with Gasteiger partial charge < -0.3 is 5.32 Å². The van der Waals surface area contributed by atoms with Crippen LogP contribution in [0, 0.1) is 23.7 Å². The van der Waals surface area contributed by atoms with E-state index in [1.54, 1.807) is 11.3 Å². The highest BCUT2D eigenvalue weighted by molar-refractivity contribution is 7.10. The average molecular weight is 236 g/mol. The number of hydrogen-bond donors (Lipinski definition) is 1. The van der Waals surface area contributed by atoms with Gasteiger partial charge in [0.15, 0.2) is 0 Å². The van der Waals surface area contributed by atoms with Gasteiger partial charge >= 0.3 is 0 Å². The third kappa shape index (κ3) is 4.34. The summed E-state index contributed by atoms with van der Waals surface area (Å²) in [5.41, 5.74) is 1.19. The second kappa shape index (κ2) is 6.03. The smallest absolute Gasteiger partial charge is 0.0683 e. The average Bonchev–Trinajstić information content (AvgIpc) is 2.64. The van der Waals surface area contributed by atoms with Crippen LogP contribution in [0.5, 0.6) is 0 Å². The third-order valence-electron chi connectivity index (χ3n) is 2.71. The lowest BCUT2D eigenvalue weighted by Gasteiger charge is -2.14. The van der Waals surface area contributed by atoms with E-state index in [9.17, 15) is 0 Å². The van der Waals surface area contributed by atoms with Crippen molar-refractivity contribution >= 4 is 11.3 Å². The van der Waals surface area contributed by atoms with E-state index in [4.69, 9.17) is 5.26 Å². The van der Waals surface area contributed by atoms with Crippen LogP contribution in [0.4, 0.5) is 0 Å². The first kappa shape index (κ1) is 13.2. The molecule has 0 unspecified atom stereocenters. The molecule has 1 aromatic heterocycles. The minimum Gasteiger partial charge on any atom is -0.312 e. The van der Waals surface area contributed by atoms with Crippen molar-refractivity contribution in [3.05, 3.63) is 21.9 Å². The Morgan fingerprint density at radius 2 is 2.25 bits per heavy atom. The van der Waals surface area contributed by atoms with Crippen LogP contribution in [0.3, 0.4) is 0 Å². The number of aryl methyl sites for hydroxylation is 1. The van der Waals surface area contributed by atoms with Gasteiger partial charge in [-0.2, -0.15) is 5.26 Å². The zero-order valence-electron chi connectivity index (χ0n) is 10.3. The minimum absolute atomic E-state index is 0.180. The second-order valence-electron chi connectivity index (χ2n) is 4.80. The maximum Gasteiger partial charge on any atom is 0.0683 e. The Balaban J connectivity index is 2.14. The first-order chi connectivity index (χ1) is 7.55. The zero-order valence-corrected chi connectivity index (χ0v) is 11.2. The largest absolute Gasteiger partial charge is 0.312 e. The molecule has 0 aliphatic heterocycles. The van der Waals surface area contributed by atoms with Gasteiger partial charge in [0.05, 0.1) is 11.5 Å². The summed E-state index contributed by atoms with van der Waals surface area (Å²) in [6.45, 7) is 8.08. The molecule has 2 nitrogen and oxygen atoms in total. The van der Waals surface area contributed by atoms with Crippen LogP contribution in [0.1, 0.15) is 37.1 Å². The number of rotatable bonds is 6. The zero-order chi connectivity index (χ0) is 12.0. The van der Waals surface area contributed by atoms with Crippen LogP contribution in [0.25, 0.3) is 0 Å². The van der Waals surface area contributed by atoms with E-state index in [0.717, 1.165) is 25.9 Å². The molecule has 0 fully saturated rings. The molecule has 3 heteroatoms. The normalized spacial score (nSPS) is 11.4. The van der Waals surface area contributed by atoms with Crippen molar-refractivity contribution in [3.63, 3.8) is 0 Å². The number of hydrogen-bond acceptors (Lipinski definition) is 3. The topological polar surface area (TPSA) is 35.8 Å². The number of thiophene rings is 1. The molecular weight excluding hydrogens is 216 g/mol. The quantitative estimate of drug-likeness (QED) is 0.768. The molecule has 0 spiro atoms. The molecule has 0 bridgehead atoms. The molecule has 0 saturated heterocycles. The van der Waals surface area contributed by atoms with Crippen LogP contribution in [0.2, 0.25) is 0 Å². The molecule has 0 amide bonds. The predicted molar refractivity (Wildman–Crippen MR) is 69.4 cm³/mol. The summed E-state index contributed by atoms with van der Waals surface area (Å²) >= 11 is 1.80. The fourth-order valence-electron chi connectivity index (χ4n) is 1.50. The molecule has 1 rings (SSSR count). The monoisotopic (exact) mass is 236 g/mol.